The van der Waals surface area contributed by atoms with Crippen molar-refractivity contribution in [2.24, 2.45) is 0 Å². The molecular weight excluding hydrogens is 468 g/mol. The minimum Gasteiger partial charge on any atom is -0.497 e. The van der Waals surface area contributed by atoms with E-state index in [2.05, 4.69) is 0 Å². The monoisotopic (exact) mass is 491 g/mol. The van der Waals surface area contributed by atoms with Gasteiger partial charge in [-0.3, -0.25) is 9.88 Å². The molecule has 1 aromatic rings. The van der Waals surface area contributed by atoms with E-state index in [0.717, 1.165) is 0 Å². The summed E-state index contributed by atoms with van der Waals surface area (Å²) in [6.07, 6.45) is -4.06. The van der Waals surface area contributed by atoms with Crippen LogP contribution in [0, 0.1) is 0 Å². The highest BCUT2D eigenvalue weighted by Gasteiger charge is 2.43. The number of alkyl halides is 3. The van der Waals surface area contributed by atoms with E-state index in [1.807, 2.05) is 5.32 Å². The first-order chi connectivity index (χ1) is 13.3. The fourth-order valence-corrected chi connectivity index (χ4v) is 4.51. The van der Waals surface area contributed by atoms with Gasteiger partial charge in [-0.05, 0) is 39.8 Å². The molecule has 12 heteroatoms. The number of rotatable bonds is 9. The summed E-state index contributed by atoms with van der Waals surface area (Å²) in [6, 6.07) is 6.27. The largest absolute Gasteiger partial charge is 0.497 e. The van der Waals surface area contributed by atoms with E-state index in [1.54, 1.807) is 52.0 Å². The number of hydrogen-bond donors (Lipinski definition) is 2. The number of amides is 1. The molecule has 0 aliphatic carbocycles. The molecule has 0 unspecified atom stereocenters. The van der Waals surface area contributed by atoms with Crippen LogP contribution in [0.25, 0.3) is 0 Å². The van der Waals surface area contributed by atoms with Crippen LogP contribution in [0.15, 0.2) is 24.3 Å². The average molecular weight is 493 g/mol. The molecule has 1 rings (SSSR count). The summed E-state index contributed by atoms with van der Waals surface area (Å²) in [7, 11) is -2.54. The van der Waals surface area contributed by atoms with Gasteiger partial charge in [-0.15, -0.1) is 0 Å². The number of carbonyl (C=O) groups excluding carboxylic acids is 1. The van der Waals surface area contributed by atoms with Crippen molar-refractivity contribution in [2.75, 3.05) is 7.11 Å². The summed E-state index contributed by atoms with van der Waals surface area (Å²) >= 11 is 16.6. The smallest absolute Gasteiger partial charge is 0.410 e. The van der Waals surface area contributed by atoms with Crippen LogP contribution >= 0.6 is 42.4 Å². The Morgan fingerprint density at radius 2 is 1.55 bits per heavy atom. The van der Waals surface area contributed by atoms with E-state index in [1.165, 1.54) is 7.11 Å². The van der Waals surface area contributed by atoms with Crippen molar-refractivity contribution >= 4 is 48.5 Å². The van der Waals surface area contributed by atoms with E-state index < -0.39 is 41.8 Å². The predicted octanol–water partition coefficient (Wildman–Crippen LogP) is 5.15. The van der Waals surface area contributed by atoms with Crippen LogP contribution < -0.4 is 10.1 Å². The fraction of sp³-hybridized carbons (Fsp3) is 0.588. The second-order valence-electron chi connectivity index (χ2n) is 6.47. The third kappa shape index (κ3) is 8.50. The second-order valence-corrected chi connectivity index (χ2v) is 10.8. The van der Waals surface area contributed by atoms with Gasteiger partial charge in [0.1, 0.15) is 5.75 Å². The van der Waals surface area contributed by atoms with Crippen molar-refractivity contribution < 1.29 is 33.0 Å². The Morgan fingerprint density at radius 1 is 1.07 bits per heavy atom. The van der Waals surface area contributed by atoms with Crippen LogP contribution in [0.2, 0.25) is 0 Å². The van der Waals surface area contributed by atoms with Crippen molar-refractivity contribution in [1.82, 2.24) is 5.32 Å². The Balaban J connectivity index is 3.28. The lowest BCUT2D eigenvalue weighted by atomic mass is 10.2. The quantitative estimate of drug-likeness (QED) is 0.279. The fourth-order valence-electron chi connectivity index (χ4n) is 2.14. The third-order valence-corrected chi connectivity index (χ3v) is 6.22. The summed E-state index contributed by atoms with van der Waals surface area (Å²) in [5.41, 5.74) is 0.314. The molecule has 0 aliphatic heterocycles. The van der Waals surface area contributed by atoms with Crippen LogP contribution in [-0.4, -0.2) is 40.5 Å². The van der Waals surface area contributed by atoms with Gasteiger partial charge in [0.15, 0.2) is 6.23 Å². The highest BCUT2D eigenvalue weighted by atomic mass is 35.6. The minimum atomic E-state index is -4.03. The van der Waals surface area contributed by atoms with Gasteiger partial charge in [0.25, 0.3) is 0 Å². The number of carbonyl (C=O) groups is 1. The average Bonchev–Trinajstić information content (AvgIpc) is 2.57. The van der Waals surface area contributed by atoms with Crippen LogP contribution in [0.3, 0.4) is 0 Å². The SMILES string of the molecule is COc1ccc([C@@H](OC(=O)N[C@@H](O)C(Cl)(Cl)Cl)P(=O)(OC(C)C)OC(C)C)cc1. The molecule has 0 aromatic heterocycles. The molecule has 0 bridgehead atoms. The predicted molar refractivity (Wildman–Crippen MR) is 112 cm³/mol. The van der Waals surface area contributed by atoms with Gasteiger partial charge in [-0.2, -0.15) is 0 Å². The number of nitrogens with one attached hydrogen (secondary N) is 1. The molecule has 0 spiro atoms. The number of aliphatic hydroxyl groups excluding tert-OH is 1. The number of aliphatic hydroxyl groups is 1. The summed E-state index contributed by atoms with van der Waals surface area (Å²) in [4.78, 5) is 12.3. The molecule has 0 heterocycles. The van der Waals surface area contributed by atoms with Crippen molar-refractivity contribution in [3.8, 4) is 5.75 Å². The Kier molecular flexibility index (Phi) is 10.0. The van der Waals surface area contributed by atoms with Gasteiger partial charge in [0.2, 0.25) is 9.64 Å². The summed E-state index contributed by atoms with van der Waals surface area (Å²) in [6.45, 7) is 6.64. The maximum Gasteiger partial charge on any atom is 0.410 e. The Labute approximate surface area is 185 Å². The molecule has 1 amide bonds. The maximum atomic E-state index is 13.6. The number of halogens is 3. The highest BCUT2D eigenvalue weighted by Crippen LogP contribution is 2.63. The maximum absolute atomic E-state index is 13.6. The molecule has 0 radical (unpaired) electrons. The van der Waals surface area contributed by atoms with Gasteiger partial charge in [-0.1, -0.05) is 46.9 Å². The van der Waals surface area contributed by atoms with E-state index in [0.29, 0.717) is 11.3 Å². The Hall–Kier alpha value is -0.730. The summed E-state index contributed by atoms with van der Waals surface area (Å²) < 4.78 is 32.9. The lowest BCUT2D eigenvalue weighted by molar-refractivity contribution is 0.0640. The van der Waals surface area contributed by atoms with Gasteiger partial charge in [-0.25, -0.2) is 4.79 Å². The highest BCUT2D eigenvalue weighted by molar-refractivity contribution is 7.54. The van der Waals surface area contributed by atoms with Crippen LogP contribution in [-0.2, 0) is 18.3 Å². The number of alkyl carbamates (subject to hydrolysis) is 1. The number of ether oxygens (including phenoxy) is 2. The lowest BCUT2D eigenvalue weighted by Gasteiger charge is -2.30. The lowest BCUT2D eigenvalue weighted by Crippen LogP contribution is -2.44. The Morgan fingerprint density at radius 3 is 1.93 bits per heavy atom. The van der Waals surface area contributed by atoms with Gasteiger partial charge in [0, 0.05) is 5.56 Å². The first-order valence-electron chi connectivity index (χ1n) is 8.61. The van der Waals surface area contributed by atoms with Crippen molar-refractivity contribution in [3.63, 3.8) is 0 Å². The van der Waals surface area contributed by atoms with Crippen molar-refractivity contribution in [3.05, 3.63) is 29.8 Å². The second kappa shape index (κ2) is 11.0. The topological polar surface area (TPSA) is 103 Å². The number of hydrogen-bond acceptors (Lipinski definition) is 7. The molecular formula is C17H25Cl3NO7P. The zero-order valence-corrected chi connectivity index (χ0v) is 19.8. The molecule has 2 atom stereocenters. The van der Waals surface area contributed by atoms with E-state index in [9.17, 15) is 14.5 Å². The third-order valence-electron chi connectivity index (χ3n) is 3.19. The molecule has 166 valence electrons. The van der Waals surface area contributed by atoms with Crippen molar-refractivity contribution in [1.29, 1.82) is 0 Å². The standard InChI is InChI=1S/C17H25Cl3NO7P/c1-10(2)27-29(24,28-11(3)4)14(12-6-8-13(25-5)9-7-12)26-16(23)21-15(22)17(18,19)20/h6-11,14-15,22H,1-5H3,(H,21,23)/t14-,15-/m0/s1. The van der Waals surface area contributed by atoms with E-state index >= 15 is 0 Å². The van der Waals surface area contributed by atoms with Crippen molar-refractivity contribution in [2.45, 2.75) is 55.8 Å². The summed E-state index contributed by atoms with van der Waals surface area (Å²) in [5.74, 6) is -0.922. The normalized spacial score (nSPS) is 14.6. The Bertz CT molecular complexity index is 696. The first-order valence-corrected chi connectivity index (χ1v) is 11.4. The first kappa shape index (κ1) is 26.3. The molecule has 0 saturated carbocycles. The molecule has 29 heavy (non-hydrogen) atoms. The minimum absolute atomic E-state index is 0.314. The van der Waals surface area contributed by atoms with Crippen LogP contribution in [0.5, 0.6) is 5.75 Å². The molecule has 0 saturated heterocycles. The van der Waals surface area contributed by atoms with Gasteiger partial charge in [0.05, 0.1) is 19.3 Å². The van der Waals surface area contributed by atoms with E-state index in [-0.39, 0.29) is 0 Å². The molecule has 1 aromatic carbocycles. The van der Waals surface area contributed by atoms with Gasteiger partial charge < -0.3 is 23.6 Å². The molecule has 0 aliphatic rings. The summed E-state index contributed by atoms with van der Waals surface area (Å²) in [5, 5.41) is 11.7. The van der Waals surface area contributed by atoms with Crippen LogP contribution in [0.4, 0.5) is 4.79 Å². The number of benzene rings is 1. The van der Waals surface area contributed by atoms with Gasteiger partial charge >= 0.3 is 13.7 Å². The molecule has 2 N–H and O–H groups in total. The molecule has 8 nitrogen and oxygen atoms in total. The van der Waals surface area contributed by atoms with Crippen LogP contribution in [0.1, 0.15) is 39.1 Å². The van der Waals surface area contributed by atoms with E-state index in [4.69, 9.17) is 53.3 Å². The molecule has 0 fully saturated rings. The zero-order valence-electron chi connectivity index (χ0n) is 16.6. The number of methoxy groups -OCH3 is 1. The zero-order chi connectivity index (χ0) is 22.4.